The smallest absolute Gasteiger partial charge is 0.131 e. The van der Waals surface area contributed by atoms with Crippen LogP contribution in [0.25, 0.3) is 0 Å². The van der Waals surface area contributed by atoms with Gasteiger partial charge < -0.3 is 4.74 Å². The summed E-state index contributed by atoms with van der Waals surface area (Å²) in [4.78, 5) is 0. The summed E-state index contributed by atoms with van der Waals surface area (Å²) in [6.45, 7) is 0. The maximum absolute atomic E-state index is 14.1. The van der Waals surface area contributed by atoms with Crippen molar-refractivity contribution in [3.05, 3.63) is 64.4 Å². The summed E-state index contributed by atoms with van der Waals surface area (Å²) in [5.41, 5.74) is 4.02. The Morgan fingerprint density at radius 3 is 2.65 bits per heavy atom. The molecule has 0 aliphatic rings. The average Bonchev–Trinajstić information content (AvgIpc) is 2.47. The number of halogens is 2. The van der Waals surface area contributed by atoms with Gasteiger partial charge in [0.05, 0.1) is 13.2 Å². The Balaban J connectivity index is 2.27. The summed E-state index contributed by atoms with van der Waals surface area (Å²) in [5.74, 6) is 5.66. The van der Waals surface area contributed by atoms with E-state index in [4.69, 9.17) is 22.2 Å². The van der Waals surface area contributed by atoms with Gasteiger partial charge in [-0.3, -0.25) is 11.3 Å². The third kappa shape index (κ3) is 3.28. The summed E-state index contributed by atoms with van der Waals surface area (Å²) in [6, 6.07) is 11.8. The van der Waals surface area contributed by atoms with Crippen LogP contribution in [-0.4, -0.2) is 7.11 Å². The van der Waals surface area contributed by atoms with E-state index in [-0.39, 0.29) is 11.9 Å². The van der Waals surface area contributed by atoms with Crippen LogP contribution in [0.15, 0.2) is 42.5 Å². The number of hydrazine groups is 1. The Morgan fingerprint density at radius 2 is 2.05 bits per heavy atom. The molecule has 1 atom stereocenters. The van der Waals surface area contributed by atoms with Crippen LogP contribution < -0.4 is 16.0 Å². The number of benzene rings is 2. The summed E-state index contributed by atoms with van der Waals surface area (Å²) in [7, 11) is 1.50. The van der Waals surface area contributed by atoms with E-state index in [9.17, 15) is 4.39 Å². The molecule has 0 amide bonds. The molecule has 106 valence electrons. The van der Waals surface area contributed by atoms with Gasteiger partial charge in [0.25, 0.3) is 0 Å². The van der Waals surface area contributed by atoms with E-state index >= 15 is 0 Å². The minimum absolute atomic E-state index is 0.360. The molecule has 20 heavy (non-hydrogen) atoms. The Labute approximate surface area is 122 Å². The van der Waals surface area contributed by atoms with Crippen molar-refractivity contribution >= 4 is 11.6 Å². The highest BCUT2D eigenvalue weighted by Gasteiger charge is 2.16. The van der Waals surface area contributed by atoms with Crippen molar-refractivity contribution in [2.75, 3.05) is 7.11 Å². The number of rotatable bonds is 5. The first-order valence-electron chi connectivity index (χ1n) is 6.18. The second kappa shape index (κ2) is 6.70. The van der Waals surface area contributed by atoms with Crippen LogP contribution in [0.1, 0.15) is 17.2 Å². The first-order valence-corrected chi connectivity index (χ1v) is 6.56. The molecule has 0 radical (unpaired) electrons. The molecule has 2 aromatic carbocycles. The van der Waals surface area contributed by atoms with Crippen molar-refractivity contribution in [2.45, 2.75) is 12.5 Å². The molecule has 0 heterocycles. The number of nitrogens with two attached hydrogens (primary N) is 1. The SMILES string of the molecule is COc1ccc(C(Cc2ccccc2Cl)NN)c(F)c1. The molecule has 3 nitrogen and oxygen atoms in total. The average molecular weight is 295 g/mol. The zero-order chi connectivity index (χ0) is 14.5. The molecule has 0 fully saturated rings. The van der Waals surface area contributed by atoms with E-state index in [2.05, 4.69) is 5.43 Å². The Hall–Kier alpha value is -1.62. The highest BCUT2D eigenvalue weighted by atomic mass is 35.5. The maximum atomic E-state index is 14.1. The van der Waals surface area contributed by atoms with E-state index in [0.717, 1.165) is 5.56 Å². The van der Waals surface area contributed by atoms with Gasteiger partial charge >= 0.3 is 0 Å². The summed E-state index contributed by atoms with van der Waals surface area (Å²) in [5, 5.41) is 0.640. The van der Waals surface area contributed by atoms with Crippen molar-refractivity contribution in [3.8, 4) is 5.75 Å². The highest BCUT2D eigenvalue weighted by molar-refractivity contribution is 6.31. The first-order chi connectivity index (χ1) is 9.65. The fourth-order valence-corrected chi connectivity index (χ4v) is 2.27. The standard InChI is InChI=1S/C15H16ClFN2O/c1-20-11-6-7-12(14(17)9-11)15(19-18)8-10-4-2-3-5-13(10)16/h2-7,9,15,19H,8,18H2,1H3. The van der Waals surface area contributed by atoms with Crippen LogP contribution in [-0.2, 0) is 6.42 Å². The van der Waals surface area contributed by atoms with Gasteiger partial charge in [0.15, 0.2) is 0 Å². The van der Waals surface area contributed by atoms with Gasteiger partial charge in [-0.2, -0.15) is 0 Å². The highest BCUT2D eigenvalue weighted by Crippen LogP contribution is 2.26. The predicted molar refractivity (Wildman–Crippen MR) is 78.2 cm³/mol. The summed E-state index contributed by atoms with van der Waals surface area (Å²) >= 11 is 6.12. The van der Waals surface area contributed by atoms with Gasteiger partial charge in [-0.25, -0.2) is 4.39 Å². The van der Waals surface area contributed by atoms with E-state index in [1.807, 2.05) is 18.2 Å². The number of nitrogens with one attached hydrogen (secondary N) is 1. The summed E-state index contributed by atoms with van der Waals surface area (Å²) < 4.78 is 19.1. The normalized spacial score (nSPS) is 12.2. The third-order valence-electron chi connectivity index (χ3n) is 3.17. The lowest BCUT2D eigenvalue weighted by Gasteiger charge is -2.18. The van der Waals surface area contributed by atoms with E-state index in [0.29, 0.717) is 22.8 Å². The van der Waals surface area contributed by atoms with Crippen LogP contribution in [0.4, 0.5) is 4.39 Å². The van der Waals surface area contributed by atoms with Gasteiger partial charge in [0, 0.05) is 16.7 Å². The van der Waals surface area contributed by atoms with E-state index < -0.39 is 0 Å². The lowest BCUT2D eigenvalue weighted by Crippen LogP contribution is -2.30. The lowest BCUT2D eigenvalue weighted by atomic mass is 9.99. The molecule has 0 saturated heterocycles. The molecule has 0 aliphatic heterocycles. The Bertz CT molecular complexity index is 592. The third-order valence-corrected chi connectivity index (χ3v) is 3.53. The minimum atomic E-state index is -0.362. The van der Waals surface area contributed by atoms with Crippen molar-refractivity contribution in [1.29, 1.82) is 0 Å². The fourth-order valence-electron chi connectivity index (χ4n) is 2.06. The Kier molecular flexibility index (Phi) is 4.95. The zero-order valence-corrected chi connectivity index (χ0v) is 11.8. The lowest BCUT2D eigenvalue weighted by molar-refractivity contribution is 0.409. The van der Waals surface area contributed by atoms with E-state index in [1.54, 1.807) is 18.2 Å². The molecule has 3 N–H and O–H groups in total. The molecule has 0 aliphatic carbocycles. The molecular weight excluding hydrogens is 279 g/mol. The molecule has 0 aromatic heterocycles. The molecule has 1 unspecified atom stereocenters. The largest absolute Gasteiger partial charge is 0.497 e. The predicted octanol–water partition coefficient (Wildman–Crippen LogP) is 3.23. The second-order valence-electron chi connectivity index (χ2n) is 4.40. The molecule has 2 aromatic rings. The second-order valence-corrected chi connectivity index (χ2v) is 4.81. The van der Waals surface area contributed by atoms with Crippen molar-refractivity contribution in [2.24, 2.45) is 5.84 Å². The van der Waals surface area contributed by atoms with Crippen molar-refractivity contribution in [1.82, 2.24) is 5.43 Å². The first kappa shape index (κ1) is 14.8. The monoisotopic (exact) mass is 294 g/mol. The van der Waals surface area contributed by atoms with Crippen molar-refractivity contribution in [3.63, 3.8) is 0 Å². The number of hydrogen-bond donors (Lipinski definition) is 2. The quantitative estimate of drug-likeness (QED) is 0.657. The van der Waals surface area contributed by atoms with Gasteiger partial charge in [-0.1, -0.05) is 35.9 Å². The fraction of sp³-hybridized carbons (Fsp3) is 0.200. The number of methoxy groups -OCH3 is 1. The zero-order valence-electron chi connectivity index (χ0n) is 11.1. The maximum Gasteiger partial charge on any atom is 0.131 e. The topological polar surface area (TPSA) is 47.3 Å². The van der Waals surface area contributed by atoms with Crippen LogP contribution >= 0.6 is 11.6 Å². The summed E-state index contributed by atoms with van der Waals surface area (Å²) in [6.07, 6.45) is 0.499. The molecule has 0 spiro atoms. The molecule has 0 bridgehead atoms. The van der Waals surface area contributed by atoms with E-state index in [1.165, 1.54) is 13.2 Å². The Morgan fingerprint density at radius 1 is 1.30 bits per heavy atom. The van der Waals surface area contributed by atoms with Crippen LogP contribution in [0, 0.1) is 5.82 Å². The molecule has 2 rings (SSSR count). The van der Waals surface area contributed by atoms with Crippen LogP contribution in [0.3, 0.4) is 0 Å². The van der Waals surface area contributed by atoms with Gasteiger partial charge in [-0.05, 0) is 24.1 Å². The van der Waals surface area contributed by atoms with Gasteiger partial charge in [0.1, 0.15) is 11.6 Å². The minimum Gasteiger partial charge on any atom is -0.497 e. The number of hydrogen-bond acceptors (Lipinski definition) is 3. The van der Waals surface area contributed by atoms with Gasteiger partial charge in [-0.15, -0.1) is 0 Å². The molecular formula is C15H16ClFN2O. The molecule has 0 saturated carbocycles. The van der Waals surface area contributed by atoms with Gasteiger partial charge in [0.2, 0.25) is 0 Å². The number of ether oxygens (including phenoxy) is 1. The van der Waals surface area contributed by atoms with Crippen LogP contribution in [0.2, 0.25) is 5.02 Å². The molecule has 5 heteroatoms. The van der Waals surface area contributed by atoms with Crippen LogP contribution in [0.5, 0.6) is 5.75 Å². The van der Waals surface area contributed by atoms with Crippen molar-refractivity contribution < 1.29 is 9.13 Å².